The number of carboxylic acid groups (broad SMARTS) is 1. The summed E-state index contributed by atoms with van der Waals surface area (Å²) in [4.78, 5) is 19.2. The van der Waals surface area contributed by atoms with Crippen molar-refractivity contribution >= 4 is 40.8 Å². The smallest absolute Gasteiger partial charge is 0.310 e. The highest BCUT2D eigenvalue weighted by Gasteiger charge is 2.45. The number of aromatic nitrogens is 3. The number of nitrogens with zero attached hydrogens (tertiary/aromatic N) is 3. The molecule has 186 valence electrons. The van der Waals surface area contributed by atoms with E-state index < -0.39 is 17.2 Å². The van der Waals surface area contributed by atoms with Gasteiger partial charge in [0, 0.05) is 30.8 Å². The van der Waals surface area contributed by atoms with Crippen molar-refractivity contribution < 1.29 is 14.3 Å². The molecule has 10 heteroatoms. The second-order valence-corrected chi connectivity index (χ2v) is 10.2. The number of H-pyrrole nitrogens is 1. The number of halogens is 3. The number of pyridine rings is 1. The summed E-state index contributed by atoms with van der Waals surface area (Å²) in [5.41, 5.74) is 1.17. The maximum absolute atomic E-state index is 15.1. The molecule has 3 heterocycles. The van der Waals surface area contributed by atoms with Gasteiger partial charge in [-0.1, -0.05) is 35.3 Å². The van der Waals surface area contributed by atoms with Crippen molar-refractivity contribution in [3.8, 4) is 0 Å². The molecule has 2 aromatic heterocycles. The van der Waals surface area contributed by atoms with Crippen LogP contribution in [-0.2, 0) is 17.8 Å². The molecule has 0 spiro atoms. The van der Waals surface area contributed by atoms with Gasteiger partial charge >= 0.3 is 5.97 Å². The molecule has 0 bridgehead atoms. The monoisotopic (exact) mass is 519 g/mol. The number of likely N-dealkylation sites (tertiary alicyclic amines) is 1. The predicted molar refractivity (Wildman–Crippen MR) is 135 cm³/mol. The quantitative estimate of drug-likeness (QED) is 0.359. The summed E-state index contributed by atoms with van der Waals surface area (Å²) >= 11 is 12.5. The summed E-state index contributed by atoms with van der Waals surface area (Å²) in [7, 11) is 0. The zero-order valence-corrected chi connectivity index (χ0v) is 21.3. The van der Waals surface area contributed by atoms with Gasteiger partial charge in [0.15, 0.2) is 5.82 Å². The van der Waals surface area contributed by atoms with Gasteiger partial charge in [-0.25, -0.2) is 9.37 Å². The Morgan fingerprint density at radius 2 is 2.09 bits per heavy atom. The molecule has 1 aliphatic heterocycles. The number of anilines is 2. The Morgan fingerprint density at radius 1 is 1.31 bits per heavy atom. The molecular weight excluding hydrogens is 492 g/mol. The fourth-order valence-corrected chi connectivity index (χ4v) is 5.15. The van der Waals surface area contributed by atoms with Gasteiger partial charge in [0.25, 0.3) is 0 Å². The molecule has 0 saturated carbocycles. The number of hydrogen-bond donors (Lipinski definition) is 3. The van der Waals surface area contributed by atoms with Gasteiger partial charge in [-0.05, 0) is 63.4 Å². The van der Waals surface area contributed by atoms with Crippen LogP contribution in [0.5, 0.6) is 0 Å². The van der Waals surface area contributed by atoms with Crippen LogP contribution in [0.15, 0.2) is 30.3 Å². The standard InChI is InChI=1S/C25H28Cl2FN5O2/c1-14-9-20(30-21-10-15(2)31-32-21)29-19(23(14)28)12-25(24(34)35)7-8-33(16(3)11-25)13-17-5-4-6-18(26)22(17)27/h4-6,9-10,16H,7-8,11-13H2,1-3H3,(H,34,35)(H2,29,30,31,32)/t16-,25-/m1/s1. The Hall–Kier alpha value is -2.68. The number of rotatable bonds is 7. The lowest BCUT2D eigenvalue weighted by Crippen LogP contribution is -2.49. The molecule has 1 saturated heterocycles. The van der Waals surface area contributed by atoms with Gasteiger partial charge in [-0.2, -0.15) is 5.10 Å². The summed E-state index contributed by atoms with van der Waals surface area (Å²) < 4.78 is 15.1. The summed E-state index contributed by atoms with van der Waals surface area (Å²) in [5.74, 6) is -0.436. The molecule has 0 unspecified atom stereocenters. The fraction of sp³-hybridized carbons (Fsp3) is 0.400. The highest BCUT2D eigenvalue weighted by Crippen LogP contribution is 2.40. The van der Waals surface area contributed by atoms with Crippen LogP contribution in [0.1, 0.15) is 42.3 Å². The van der Waals surface area contributed by atoms with E-state index in [9.17, 15) is 9.90 Å². The summed E-state index contributed by atoms with van der Waals surface area (Å²) in [6, 6.07) is 8.84. The van der Waals surface area contributed by atoms with Crippen molar-refractivity contribution in [1.29, 1.82) is 0 Å². The third-order valence-corrected chi connectivity index (χ3v) is 7.58. The molecular formula is C25H28Cl2FN5O2. The molecule has 3 aromatic rings. The molecule has 0 radical (unpaired) electrons. The maximum atomic E-state index is 15.1. The number of nitrogens with one attached hydrogen (secondary N) is 2. The second kappa shape index (κ2) is 10.1. The van der Waals surface area contributed by atoms with Gasteiger partial charge in [0.05, 0.1) is 21.2 Å². The molecule has 35 heavy (non-hydrogen) atoms. The van der Waals surface area contributed by atoms with Crippen molar-refractivity contribution in [2.45, 2.75) is 52.6 Å². The number of benzene rings is 1. The lowest BCUT2D eigenvalue weighted by Gasteiger charge is -2.43. The van der Waals surface area contributed by atoms with E-state index in [0.29, 0.717) is 53.2 Å². The Kier molecular flexibility index (Phi) is 7.35. The van der Waals surface area contributed by atoms with Crippen molar-refractivity contribution in [2.75, 3.05) is 11.9 Å². The SMILES string of the molecule is Cc1cc(Nc2cc(C)c(F)c(C[C@@]3(C(=O)O)CCN(Cc4cccc(Cl)c4Cl)[C@H](C)C3)n2)n[nH]1. The average Bonchev–Trinajstić information content (AvgIpc) is 3.21. The van der Waals surface area contributed by atoms with Crippen molar-refractivity contribution in [3.63, 3.8) is 0 Å². The zero-order chi connectivity index (χ0) is 25.3. The Labute approximate surface area is 213 Å². The van der Waals surface area contributed by atoms with E-state index in [4.69, 9.17) is 23.2 Å². The lowest BCUT2D eigenvalue weighted by molar-refractivity contribution is -0.153. The first kappa shape index (κ1) is 25.4. The minimum atomic E-state index is -1.13. The highest BCUT2D eigenvalue weighted by atomic mass is 35.5. The van der Waals surface area contributed by atoms with Crippen LogP contribution in [0.25, 0.3) is 0 Å². The molecule has 1 aromatic carbocycles. The van der Waals surface area contributed by atoms with Crippen LogP contribution in [0.3, 0.4) is 0 Å². The van der Waals surface area contributed by atoms with E-state index >= 15 is 4.39 Å². The number of carboxylic acids is 1. The van der Waals surface area contributed by atoms with Gasteiger partial charge in [0.1, 0.15) is 11.6 Å². The molecule has 1 aliphatic rings. The summed E-state index contributed by atoms with van der Waals surface area (Å²) in [6.45, 7) is 6.60. The van der Waals surface area contributed by atoms with E-state index in [2.05, 4.69) is 25.4 Å². The first-order valence-corrected chi connectivity index (χ1v) is 12.2. The number of hydrogen-bond acceptors (Lipinski definition) is 5. The van der Waals surface area contributed by atoms with Crippen LogP contribution in [0.2, 0.25) is 10.0 Å². The molecule has 7 nitrogen and oxygen atoms in total. The van der Waals surface area contributed by atoms with Crippen LogP contribution in [0.4, 0.5) is 16.0 Å². The third-order valence-electron chi connectivity index (χ3n) is 6.72. The van der Waals surface area contributed by atoms with Crippen LogP contribution in [0, 0.1) is 25.1 Å². The Balaban J connectivity index is 1.55. The highest BCUT2D eigenvalue weighted by molar-refractivity contribution is 6.42. The Bertz CT molecular complexity index is 1250. The number of aliphatic carboxylic acids is 1. The van der Waals surface area contributed by atoms with Gasteiger partial charge < -0.3 is 10.4 Å². The third kappa shape index (κ3) is 5.44. The predicted octanol–water partition coefficient (Wildman–Crippen LogP) is 5.91. The van der Waals surface area contributed by atoms with E-state index in [-0.39, 0.29) is 18.2 Å². The summed E-state index contributed by atoms with van der Waals surface area (Å²) in [6.07, 6.45) is 0.721. The minimum absolute atomic E-state index is 0.000219. The Morgan fingerprint density at radius 3 is 2.74 bits per heavy atom. The molecule has 0 aliphatic carbocycles. The van der Waals surface area contributed by atoms with Gasteiger partial charge in [-0.15, -0.1) is 0 Å². The van der Waals surface area contributed by atoms with E-state index in [1.807, 2.05) is 32.0 Å². The molecule has 4 rings (SSSR count). The number of carbonyl (C=O) groups is 1. The topological polar surface area (TPSA) is 94.1 Å². The van der Waals surface area contributed by atoms with Crippen molar-refractivity contribution in [3.05, 3.63) is 68.7 Å². The normalized spacial score (nSPS) is 20.7. The largest absolute Gasteiger partial charge is 0.481 e. The maximum Gasteiger partial charge on any atom is 0.310 e. The molecule has 2 atom stereocenters. The number of aryl methyl sites for hydroxylation is 2. The van der Waals surface area contributed by atoms with E-state index in [1.165, 1.54) is 0 Å². The average molecular weight is 520 g/mol. The summed E-state index contributed by atoms with van der Waals surface area (Å²) in [5, 5.41) is 21.3. The second-order valence-electron chi connectivity index (χ2n) is 9.40. The first-order chi connectivity index (χ1) is 16.6. The van der Waals surface area contributed by atoms with Crippen molar-refractivity contribution in [2.24, 2.45) is 5.41 Å². The lowest BCUT2D eigenvalue weighted by atomic mass is 9.72. The molecule has 1 fully saturated rings. The minimum Gasteiger partial charge on any atom is -0.481 e. The first-order valence-electron chi connectivity index (χ1n) is 11.4. The van der Waals surface area contributed by atoms with Gasteiger partial charge in [0.2, 0.25) is 0 Å². The van der Waals surface area contributed by atoms with E-state index in [1.54, 1.807) is 19.1 Å². The van der Waals surface area contributed by atoms with Crippen LogP contribution < -0.4 is 5.32 Å². The molecule has 0 amide bonds. The fourth-order valence-electron chi connectivity index (χ4n) is 4.77. The van der Waals surface area contributed by atoms with E-state index in [0.717, 1.165) is 11.3 Å². The number of aromatic amines is 1. The van der Waals surface area contributed by atoms with Crippen LogP contribution >= 0.6 is 23.2 Å². The van der Waals surface area contributed by atoms with Crippen LogP contribution in [-0.4, -0.2) is 43.7 Å². The molecule has 3 N–H and O–H groups in total. The van der Waals surface area contributed by atoms with Gasteiger partial charge in [-0.3, -0.25) is 14.8 Å². The zero-order valence-electron chi connectivity index (χ0n) is 19.8. The van der Waals surface area contributed by atoms with Crippen molar-refractivity contribution in [1.82, 2.24) is 20.1 Å². The number of piperidine rings is 1.